The van der Waals surface area contributed by atoms with Gasteiger partial charge in [-0.05, 0) is 62.2 Å². The molecule has 0 saturated carbocycles. The molecule has 0 aliphatic carbocycles. The smallest absolute Gasteiger partial charge is 0.261 e. The highest BCUT2D eigenvalue weighted by Crippen LogP contribution is 2.21. The third-order valence-corrected chi connectivity index (χ3v) is 4.95. The molecule has 2 amide bonds. The van der Waals surface area contributed by atoms with Gasteiger partial charge in [-0.1, -0.05) is 35.3 Å². The molecule has 0 fully saturated rings. The Morgan fingerprint density at radius 3 is 2.43 bits per heavy atom. The summed E-state index contributed by atoms with van der Waals surface area (Å²) < 4.78 is 5.63. The molecular weight excluding hydrogens is 399 g/mol. The summed E-state index contributed by atoms with van der Waals surface area (Å²) in [6, 6.07) is 11.7. The molecule has 0 bridgehead atoms. The van der Waals surface area contributed by atoms with Gasteiger partial charge in [0.2, 0.25) is 5.91 Å². The monoisotopic (exact) mass is 422 g/mol. The number of carbonyl (C=O) groups is 2. The zero-order chi connectivity index (χ0) is 20.7. The Labute approximate surface area is 175 Å². The van der Waals surface area contributed by atoms with Crippen molar-refractivity contribution in [3.8, 4) is 5.75 Å². The van der Waals surface area contributed by atoms with Crippen LogP contribution < -0.4 is 10.1 Å². The number of nitrogens with zero attached hydrogens (tertiary/aromatic N) is 1. The van der Waals surface area contributed by atoms with Crippen molar-refractivity contribution >= 4 is 35.0 Å². The molecule has 0 aliphatic heterocycles. The Hall–Kier alpha value is -2.24. The fourth-order valence-electron chi connectivity index (χ4n) is 2.63. The maximum absolute atomic E-state index is 12.9. The predicted molar refractivity (Wildman–Crippen MR) is 112 cm³/mol. The summed E-state index contributed by atoms with van der Waals surface area (Å²) in [6.07, 6.45) is 0. The standard InChI is InChI=1S/C21H24Cl2N2O3/c1-4-24-21(27)15(3)25(12-16-5-7-17(22)8-6-16)20(26)13-28-18-9-10-19(23)14(2)11-18/h5-11,15H,4,12-13H2,1-3H3,(H,24,27). The Morgan fingerprint density at radius 2 is 1.82 bits per heavy atom. The number of likely N-dealkylation sites (N-methyl/N-ethyl adjacent to an activating group) is 1. The van der Waals surface area contributed by atoms with Crippen LogP contribution in [0.25, 0.3) is 0 Å². The van der Waals surface area contributed by atoms with Crippen LogP contribution in [-0.2, 0) is 16.1 Å². The van der Waals surface area contributed by atoms with Crippen molar-refractivity contribution in [1.29, 1.82) is 0 Å². The first-order valence-electron chi connectivity index (χ1n) is 9.02. The van der Waals surface area contributed by atoms with Crippen molar-refractivity contribution in [3.63, 3.8) is 0 Å². The van der Waals surface area contributed by atoms with Crippen LogP contribution in [0.4, 0.5) is 0 Å². The number of hydrogen-bond acceptors (Lipinski definition) is 3. The molecule has 0 heterocycles. The van der Waals surface area contributed by atoms with Crippen molar-refractivity contribution in [2.45, 2.75) is 33.4 Å². The van der Waals surface area contributed by atoms with Crippen molar-refractivity contribution in [3.05, 3.63) is 63.6 Å². The number of benzene rings is 2. The van der Waals surface area contributed by atoms with Gasteiger partial charge in [0.05, 0.1) is 0 Å². The number of hydrogen-bond donors (Lipinski definition) is 1. The summed E-state index contributed by atoms with van der Waals surface area (Å²) in [5.41, 5.74) is 1.73. The highest BCUT2D eigenvalue weighted by Gasteiger charge is 2.26. The summed E-state index contributed by atoms with van der Waals surface area (Å²) in [4.78, 5) is 26.7. The summed E-state index contributed by atoms with van der Waals surface area (Å²) >= 11 is 11.9. The third kappa shape index (κ3) is 6.14. The molecule has 0 aliphatic rings. The lowest BCUT2D eigenvalue weighted by atomic mass is 10.1. The number of nitrogens with one attached hydrogen (secondary N) is 1. The van der Waals surface area contributed by atoms with Gasteiger partial charge in [-0.3, -0.25) is 9.59 Å². The number of rotatable bonds is 8. The molecule has 2 aromatic carbocycles. The molecule has 1 N–H and O–H groups in total. The largest absolute Gasteiger partial charge is 0.484 e. The van der Waals surface area contributed by atoms with Crippen LogP contribution in [-0.4, -0.2) is 35.9 Å². The molecule has 0 saturated heterocycles. The number of amides is 2. The number of ether oxygens (including phenoxy) is 1. The second-order valence-electron chi connectivity index (χ2n) is 6.42. The molecule has 150 valence electrons. The Balaban J connectivity index is 2.13. The molecule has 2 rings (SSSR count). The Morgan fingerprint density at radius 1 is 1.14 bits per heavy atom. The fourth-order valence-corrected chi connectivity index (χ4v) is 2.87. The van der Waals surface area contributed by atoms with Gasteiger partial charge in [-0.25, -0.2) is 0 Å². The molecule has 1 atom stereocenters. The molecular formula is C21H24Cl2N2O3. The fraction of sp³-hybridized carbons (Fsp3) is 0.333. The van der Waals surface area contributed by atoms with E-state index in [1.807, 2.05) is 26.0 Å². The maximum Gasteiger partial charge on any atom is 0.261 e. The van der Waals surface area contributed by atoms with Crippen molar-refractivity contribution in [2.75, 3.05) is 13.2 Å². The number of aryl methyl sites for hydroxylation is 1. The molecule has 0 spiro atoms. The van der Waals surface area contributed by atoms with Crippen LogP contribution in [0.3, 0.4) is 0 Å². The van der Waals surface area contributed by atoms with Gasteiger partial charge in [-0.2, -0.15) is 0 Å². The number of carbonyl (C=O) groups excluding carboxylic acids is 2. The van der Waals surface area contributed by atoms with Gasteiger partial charge in [0.25, 0.3) is 5.91 Å². The highest BCUT2D eigenvalue weighted by atomic mass is 35.5. The molecule has 2 aromatic rings. The Kier molecular flexibility index (Phi) is 8.15. The van der Waals surface area contributed by atoms with Crippen LogP contribution in [0.15, 0.2) is 42.5 Å². The van der Waals surface area contributed by atoms with Gasteiger partial charge in [0, 0.05) is 23.1 Å². The van der Waals surface area contributed by atoms with E-state index in [-0.39, 0.29) is 25.0 Å². The second kappa shape index (κ2) is 10.3. The predicted octanol–water partition coefficient (Wildman–Crippen LogP) is 4.23. The van der Waals surface area contributed by atoms with Gasteiger partial charge < -0.3 is 15.0 Å². The van der Waals surface area contributed by atoms with Gasteiger partial charge >= 0.3 is 0 Å². The normalized spacial score (nSPS) is 11.6. The quantitative estimate of drug-likeness (QED) is 0.691. The lowest BCUT2D eigenvalue weighted by molar-refractivity contribution is -0.142. The SMILES string of the molecule is CCNC(=O)C(C)N(Cc1ccc(Cl)cc1)C(=O)COc1ccc(Cl)c(C)c1. The van der Waals surface area contributed by atoms with Gasteiger partial charge in [0.1, 0.15) is 11.8 Å². The van der Waals surface area contributed by atoms with E-state index in [9.17, 15) is 9.59 Å². The third-order valence-electron chi connectivity index (χ3n) is 4.28. The average Bonchev–Trinajstić information content (AvgIpc) is 2.68. The van der Waals surface area contributed by atoms with Crippen LogP contribution in [0.2, 0.25) is 10.0 Å². The lowest BCUT2D eigenvalue weighted by Gasteiger charge is -2.28. The van der Waals surface area contributed by atoms with E-state index in [4.69, 9.17) is 27.9 Å². The minimum Gasteiger partial charge on any atom is -0.484 e. The van der Waals surface area contributed by atoms with Crippen LogP contribution in [0, 0.1) is 6.92 Å². The van der Waals surface area contributed by atoms with Crippen LogP contribution in [0.5, 0.6) is 5.75 Å². The van der Waals surface area contributed by atoms with E-state index in [2.05, 4.69) is 5.32 Å². The molecule has 1 unspecified atom stereocenters. The first-order chi connectivity index (χ1) is 13.3. The van der Waals surface area contributed by atoms with Crippen molar-refractivity contribution < 1.29 is 14.3 Å². The van der Waals surface area contributed by atoms with Crippen molar-refractivity contribution in [1.82, 2.24) is 10.2 Å². The van der Waals surface area contributed by atoms with E-state index in [1.165, 1.54) is 4.90 Å². The highest BCUT2D eigenvalue weighted by molar-refractivity contribution is 6.31. The minimum atomic E-state index is -0.640. The molecule has 5 nitrogen and oxygen atoms in total. The zero-order valence-electron chi connectivity index (χ0n) is 16.2. The molecule has 7 heteroatoms. The summed E-state index contributed by atoms with van der Waals surface area (Å²) in [5, 5.41) is 4.00. The van der Waals surface area contributed by atoms with E-state index >= 15 is 0 Å². The van der Waals surface area contributed by atoms with Crippen molar-refractivity contribution in [2.24, 2.45) is 0 Å². The maximum atomic E-state index is 12.9. The minimum absolute atomic E-state index is 0.182. The lowest BCUT2D eigenvalue weighted by Crippen LogP contribution is -2.49. The molecule has 0 radical (unpaired) electrons. The summed E-state index contributed by atoms with van der Waals surface area (Å²) in [5.74, 6) is 0.0424. The van der Waals surface area contributed by atoms with Crippen LogP contribution in [0.1, 0.15) is 25.0 Å². The zero-order valence-corrected chi connectivity index (χ0v) is 17.7. The first kappa shape index (κ1) is 22.1. The van der Waals surface area contributed by atoms with Crippen LogP contribution >= 0.6 is 23.2 Å². The Bertz CT molecular complexity index is 825. The average molecular weight is 423 g/mol. The summed E-state index contributed by atoms with van der Waals surface area (Å²) in [7, 11) is 0. The topological polar surface area (TPSA) is 58.6 Å². The van der Waals surface area contributed by atoms with E-state index < -0.39 is 6.04 Å². The van der Waals surface area contributed by atoms with Gasteiger partial charge in [-0.15, -0.1) is 0 Å². The van der Waals surface area contributed by atoms with E-state index in [0.717, 1.165) is 11.1 Å². The molecule has 28 heavy (non-hydrogen) atoms. The van der Waals surface area contributed by atoms with E-state index in [0.29, 0.717) is 22.3 Å². The first-order valence-corrected chi connectivity index (χ1v) is 9.78. The van der Waals surface area contributed by atoms with Gasteiger partial charge in [0.15, 0.2) is 6.61 Å². The second-order valence-corrected chi connectivity index (χ2v) is 7.26. The van der Waals surface area contributed by atoms with E-state index in [1.54, 1.807) is 37.3 Å². The molecule has 0 aromatic heterocycles. The summed E-state index contributed by atoms with van der Waals surface area (Å²) in [6.45, 7) is 5.98. The number of halogens is 2.